The van der Waals surface area contributed by atoms with Crippen molar-refractivity contribution < 1.29 is 22.7 Å². The van der Waals surface area contributed by atoms with Crippen molar-refractivity contribution in [1.82, 2.24) is 10.2 Å². The average molecular weight is 633 g/mol. The molecule has 1 saturated carbocycles. The van der Waals surface area contributed by atoms with Gasteiger partial charge in [0.2, 0.25) is 11.8 Å². The highest BCUT2D eigenvalue weighted by atomic mass is 35.5. The van der Waals surface area contributed by atoms with Crippen molar-refractivity contribution in [2.24, 2.45) is 0 Å². The van der Waals surface area contributed by atoms with Gasteiger partial charge in [0.05, 0.1) is 17.7 Å². The second-order valence-electron chi connectivity index (χ2n) is 10.2. The van der Waals surface area contributed by atoms with Gasteiger partial charge >= 0.3 is 0 Å². The Bertz CT molecular complexity index is 1490. The highest BCUT2D eigenvalue weighted by Gasteiger charge is 2.35. The molecule has 1 aliphatic rings. The molecule has 1 aliphatic carbocycles. The van der Waals surface area contributed by atoms with Gasteiger partial charge in [-0.3, -0.25) is 13.9 Å². The second-order valence-corrected chi connectivity index (χ2v) is 12.9. The molecule has 224 valence electrons. The van der Waals surface area contributed by atoms with Gasteiger partial charge in [-0.15, -0.1) is 0 Å². The van der Waals surface area contributed by atoms with E-state index in [1.807, 2.05) is 6.92 Å². The van der Waals surface area contributed by atoms with Crippen LogP contribution in [0.1, 0.15) is 44.6 Å². The Labute approximate surface area is 257 Å². The van der Waals surface area contributed by atoms with Crippen molar-refractivity contribution in [2.75, 3.05) is 18.0 Å². The molecule has 1 fully saturated rings. The van der Waals surface area contributed by atoms with Crippen LogP contribution in [0.5, 0.6) is 5.75 Å². The van der Waals surface area contributed by atoms with Crippen LogP contribution in [-0.4, -0.2) is 50.9 Å². The lowest BCUT2D eigenvalue weighted by atomic mass is 10.1. The van der Waals surface area contributed by atoms with E-state index in [1.54, 1.807) is 42.5 Å². The van der Waals surface area contributed by atoms with Gasteiger partial charge in [-0.1, -0.05) is 67.2 Å². The number of rotatable bonds is 12. The molecule has 4 rings (SSSR count). The number of hydrogen-bond donors (Lipinski definition) is 1. The zero-order chi connectivity index (χ0) is 30.3. The molecule has 0 aromatic heterocycles. The van der Waals surface area contributed by atoms with Crippen LogP contribution in [0.2, 0.25) is 10.0 Å². The first kappa shape index (κ1) is 31.7. The van der Waals surface area contributed by atoms with Crippen molar-refractivity contribution >= 4 is 50.7 Å². The monoisotopic (exact) mass is 631 g/mol. The van der Waals surface area contributed by atoms with E-state index in [2.05, 4.69) is 5.32 Å². The van der Waals surface area contributed by atoms with Crippen molar-refractivity contribution in [3.63, 3.8) is 0 Å². The third-order valence-corrected chi connectivity index (χ3v) is 9.80. The second kappa shape index (κ2) is 14.3. The number of ether oxygens (including phenoxy) is 1. The molecule has 0 spiro atoms. The van der Waals surface area contributed by atoms with E-state index in [9.17, 15) is 18.0 Å². The minimum atomic E-state index is -4.23. The van der Waals surface area contributed by atoms with Crippen molar-refractivity contribution in [3.05, 3.63) is 88.4 Å². The molecule has 1 atom stereocenters. The summed E-state index contributed by atoms with van der Waals surface area (Å²) < 4.78 is 34.2. The molecule has 3 aromatic rings. The number of hydrogen-bond acceptors (Lipinski definition) is 5. The van der Waals surface area contributed by atoms with E-state index in [4.69, 9.17) is 27.9 Å². The standard InChI is InChI=1S/C31H35Cl2N3O5S/c1-3-29(31(38)34-24-11-5-6-12-24)35(20-22-9-4-7-14-28(22)33)30(37)21-36(25-13-8-10-23(32)19-25)42(39,40)27-17-15-26(41-2)16-18-27/h4,7-10,13-19,24,29H,3,5-6,11-12,20-21H2,1-2H3,(H,34,38)/t29-/m1/s1. The van der Waals surface area contributed by atoms with Crippen molar-refractivity contribution in [1.29, 1.82) is 0 Å². The van der Waals surface area contributed by atoms with Crippen LogP contribution < -0.4 is 14.4 Å². The topological polar surface area (TPSA) is 96.0 Å². The number of sulfonamides is 1. The number of nitrogens with zero attached hydrogens (tertiary/aromatic N) is 2. The Morgan fingerprint density at radius 3 is 2.31 bits per heavy atom. The molecule has 0 aliphatic heterocycles. The maximum atomic E-state index is 14.2. The number of methoxy groups -OCH3 is 1. The first-order chi connectivity index (χ1) is 20.1. The van der Waals surface area contributed by atoms with Gasteiger partial charge in [0.15, 0.2) is 0 Å². The van der Waals surface area contributed by atoms with E-state index >= 15 is 0 Å². The highest BCUT2D eigenvalue weighted by molar-refractivity contribution is 7.92. The van der Waals surface area contributed by atoms with E-state index in [0.717, 1.165) is 30.0 Å². The lowest BCUT2D eigenvalue weighted by Crippen LogP contribution is -2.53. The van der Waals surface area contributed by atoms with Gasteiger partial charge in [-0.2, -0.15) is 0 Å². The summed E-state index contributed by atoms with van der Waals surface area (Å²) in [4.78, 5) is 29.1. The maximum absolute atomic E-state index is 14.2. The lowest BCUT2D eigenvalue weighted by Gasteiger charge is -2.34. The van der Waals surface area contributed by atoms with Crippen LogP contribution in [0.15, 0.2) is 77.7 Å². The minimum Gasteiger partial charge on any atom is -0.497 e. The molecule has 1 N–H and O–H groups in total. The molecule has 0 radical (unpaired) electrons. The van der Waals surface area contributed by atoms with E-state index in [0.29, 0.717) is 27.8 Å². The maximum Gasteiger partial charge on any atom is 0.264 e. The summed E-state index contributed by atoms with van der Waals surface area (Å²) in [5.74, 6) is -0.332. The minimum absolute atomic E-state index is 0.0280. The Morgan fingerprint density at radius 1 is 1.00 bits per heavy atom. The van der Waals surface area contributed by atoms with Crippen molar-refractivity contribution in [2.45, 2.75) is 62.6 Å². The zero-order valence-electron chi connectivity index (χ0n) is 23.6. The first-order valence-electron chi connectivity index (χ1n) is 13.9. The van der Waals surface area contributed by atoms with Gasteiger partial charge in [0.1, 0.15) is 18.3 Å². The van der Waals surface area contributed by atoms with E-state index < -0.39 is 28.5 Å². The number of anilines is 1. The fourth-order valence-electron chi connectivity index (χ4n) is 5.13. The number of nitrogens with one attached hydrogen (secondary N) is 1. The smallest absolute Gasteiger partial charge is 0.264 e. The summed E-state index contributed by atoms with van der Waals surface area (Å²) in [6, 6.07) is 18.5. The molecule has 11 heteroatoms. The van der Waals surface area contributed by atoms with Gasteiger partial charge in [0.25, 0.3) is 10.0 Å². The fraction of sp³-hybridized carbons (Fsp3) is 0.355. The summed E-state index contributed by atoms with van der Waals surface area (Å²) in [5, 5.41) is 3.85. The Morgan fingerprint density at radius 2 is 1.69 bits per heavy atom. The van der Waals surface area contributed by atoms with Crippen LogP contribution in [0.4, 0.5) is 5.69 Å². The molecule has 8 nitrogen and oxygen atoms in total. The fourth-order valence-corrected chi connectivity index (χ4v) is 6.92. The van der Waals surface area contributed by atoms with Crippen LogP contribution in [0, 0.1) is 0 Å². The zero-order valence-corrected chi connectivity index (χ0v) is 26.0. The highest BCUT2D eigenvalue weighted by Crippen LogP contribution is 2.28. The summed E-state index contributed by atoms with van der Waals surface area (Å²) >= 11 is 12.7. The number of halogens is 2. The Kier molecular flexibility index (Phi) is 10.8. The summed E-state index contributed by atoms with van der Waals surface area (Å²) in [6.45, 7) is 1.29. The summed E-state index contributed by atoms with van der Waals surface area (Å²) in [6.07, 6.45) is 4.20. The molecule has 3 aromatic carbocycles. The van der Waals surface area contributed by atoms with Crippen LogP contribution in [-0.2, 0) is 26.2 Å². The third kappa shape index (κ3) is 7.56. The molecule has 0 unspecified atom stereocenters. The molecule has 0 heterocycles. The predicted molar refractivity (Wildman–Crippen MR) is 165 cm³/mol. The van der Waals surface area contributed by atoms with Crippen molar-refractivity contribution in [3.8, 4) is 5.75 Å². The number of carbonyl (C=O) groups excluding carboxylic acids is 2. The molecular weight excluding hydrogens is 597 g/mol. The van der Waals surface area contributed by atoms with Gasteiger partial charge in [-0.05, 0) is 73.4 Å². The van der Waals surface area contributed by atoms with Gasteiger partial charge in [-0.25, -0.2) is 8.42 Å². The number of benzene rings is 3. The summed E-state index contributed by atoms with van der Waals surface area (Å²) in [7, 11) is -2.74. The lowest BCUT2D eigenvalue weighted by molar-refractivity contribution is -0.140. The SMILES string of the molecule is CC[C@H](C(=O)NC1CCCC1)N(Cc1ccccc1Cl)C(=O)CN(c1cccc(Cl)c1)S(=O)(=O)c1ccc(OC)cc1. The van der Waals surface area contributed by atoms with Crippen LogP contribution in [0.25, 0.3) is 0 Å². The van der Waals surface area contributed by atoms with Gasteiger partial charge in [0, 0.05) is 22.6 Å². The van der Waals surface area contributed by atoms with E-state index in [-0.39, 0.29) is 29.1 Å². The average Bonchev–Trinajstić information content (AvgIpc) is 3.49. The summed E-state index contributed by atoms with van der Waals surface area (Å²) in [5.41, 5.74) is 0.861. The molecule has 0 bridgehead atoms. The van der Waals surface area contributed by atoms with Crippen LogP contribution >= 0.6 is 23.2 Å². The molecule has 42 heavy (non-hydrogen) atoms. The quantitative estimate of drug-likeness (QED) is 0.262. The number of amides is 2. The van der Waals surface area contributed by atoms with E-state index in [1.165, 1.54) is 42.3 Å². The third-order valence-electron chi connectivity index (χ3n) is 7.41. The Hall–Kier alpha value is -3.27. The molecule has 0 saturated heterocycles. The predicted octanol–water partition coefficient (Wildman–Crippen LogP) is 6.06. The number of carbonyl (C=O) groups is 2. The largest absolute Gasteiger partial charge is 0.497 e. The van der Waals surface area contributed by atoms with Crippen LogP contribution in [0.3, 0.4) is 0 Å². The Balaban J connectivity index is 1.72. The normalized spacial score (nSPS) is 14.3. The van der Waals surface area contributed by atoms with Gasteiger partial charge < -0.3 is 15.0 Å². The molecule has 2 amide bonds. The molecular formula is C31H35Cl2N3O5S. The first-order valence-corrected chi connectivity index (χ1v) is 16.1.